The summed E-state index contributed by atoms with van der Waals surface area (Å²) < 4.78 is 63.4. The maximum Gasteiger partial charge on any atom is 0.455 e. The molecular formula is C7H12F5NO. The quantitative estimate of drug-likeness (QED) is 0.718. The molecule has 0 heterocycles. The van der Waals surface area contributed by atoms with Crippen molar-refractivity contribution in [2.24, 2.45) is 11.7 Å². The summed E-state index contributed by atoms with van der Waals surface area (Å²) in [7, 11) is 0. The summed E-state index contributed by atoms with van der Waals surface area (Å²) >= 11 is 0. The van der Waals surface area contributed by atoms with Gasteiger partial charge in [0, 0.05) is 0 Å². The summed E-state index contributed by atoms with van der Waals surface area (Å²) in [5.41, 5.74) is 5.12. The molecule has 0 rings (SSSR count). The van der Waals surface area contributed by atoms with Gasteiger partial charge in [0.2, 0.25) is 0 Å². The Labute approximate surface area is 78.2 Å². The molecule has 0 saturated heterocycles. The first-order chi connectivity index (χ1) is 6.20. The van der Waals surface area contributed by atoms with Gasteiger partial charge in [-0.2, -0.15) is 22.0 Å². The van der Waals surface area contributed by atoms with Gasteiger partial charge >= 0.3 is 12.1 Å². The predicted octanol–water partition coefficient (Wildman–Crippen LogP) is 1.80. The highest BCUT2D eigenvalue weighted by Gasteiger charge is 2.57. The topological polar surface area (TPSA) is 35.2 Å². The molecule has 0 aliphatic heterocycles. The van der Waals surface area contributed by atoms with Crippen molar-refractivity contribution in [3.8, 4) is 0 Å². The van der Waals surface area contributed by atoms with E-state index >= 15 is 0 Å². The van der Waals surface area contributed by atoms with Crippen LogP contribution in [0.5, 0.6) is 0 Å². The second-order valence-corrected chi connectivity index (χ2v) is 3.06. The van der Waals surface area contributed by atoms with Crippen molar-refractivity contribution in [3.63, 3.8) is 0 Å². The SMILES string of the molecule is CC(CN)COCC(F)(F)C(F)(F)F. The zero-order chi connectivity index (χ0) is 11.4. The average molecular weight is 221 g/mol. The van der Waals surface area contributed by atoms with Gasteiger partial charge in [-0.25, -0.2) is 0 Å². The maximum atomic E-state index is 12.2. The second kappa shape index (κ2) is 4.88. The van der Waals surface area contributed by atoms with Gasteiger partial charge in [-0.05, 0) is 12.5 Å². The molecule has 0 aliphatic carbocycles. The van der Waals surface area contributed by atoms with E-state index in [1.807, 2.05) is 0 Å². The van der Waals surface area contributed by atoms with E-state index in [9.17, 15) is 22.0 Å². The monoisotopic (exact) mass is 221 g/mol. The van der Waals surface area contributed by atoms with Crippen molar-refractivity contribution in [2.45, 2.75) is 19.0 Å². The van der Waals surface area contributed by atoms with E-state index in [0.717, 1.165) is 0 Å². The van der Waals surface area contributed by atoms with E-state index < -0.39 is 18.7 Å². The van der Waals surface area contributed by atoms with E-state index in [1.54, 1.807) is 6.92 Å². The molecule has 0 aliphatic rings. The molecule has 0 bridgehead atoms. The first kappa shape index (κ1) is 13.6. The molecule has 7 heteroatoms. The molecule has 0 fully saturated rings. The smallest absolute Gasteiger partial charge is 0.374 e. The third-order valence-electron chi connectivity index (χ3n) is 1.50. The average Bonchev–Trinajstić information content (AvgIpc) is 2.01. The second-order valence-electron chi connectivity index (χ2n) is 3.06. The fourth-order valence-corrected chi connectivity index (χ4v) is 0.538. The zero-order valence-corrected chi connectivity index (χ0v) is 7.57. The Morgan fingerprint density at radius 2 is 1.71 bits per heavy atom. The number of halogens is 5. The highest BCUT2D eigenvalue weighted by molar-refractivity contribution is 4.74. The van der Waals surface area contributed by atoms with Gasteiger partial charge in [-0.1, -0.05) is 6.92 Å². The van der Waals surface area contributed by atoms with Crippen molar-refractivity contribution in [1.29, 1.82) is 0 Å². The molecule has 0 radical (unpaired) electrons. The molecule has 0 aromatic heterocycles. The normalized spacial score (nSPS) is 15.6. The Morgan fingerprint density at radius 1 is 1.21 bits per heavy atom. The zero-order valence-electron chi connectivity index (χ0n) is 7.57. The standard InChI is InChI=1S/C7H12F5NO/c1-5(2-13)3-14-4-6(8,9)7(10,11)12/h5H,2-4,13H2,1H3. The molecule has 0 saturated carbocycles. The number of alkyl halides is 5. The summed E-state index contributed by atoms with van der Waals surface area (Å²) in [5.74, 6) is -5.03. The lowest BCUT2D eigenvalue weighted by molar-refractivity contribution is -0.297. The molecule has 1 atom stereocenters. The third kappa shape index (κ3) is 4.19. The Kier molecular flexibility index (Phi) is 4.73. The minimum absolute atomic E-state index is 0.178. The molecule has 2 nitrogen and oxygen atoms in total. The van der Waals surface area contributed by atoms with Crippen LogP contribution in [-0.2, 0) is 4.74 Å². The van der Waals surface area contributed by atoms with Crippen LogP contribution in [0.15, 0.2) is 0 Å². The maximum absolute atomic E-state index is 12.2. The van der Waals surface area contributed by atoms with Gasteiger partial charge in [-0.3, -0.25) is 0 Å². The number of ether oxygens (including phenoxy) is 1. The lowest BCUT2D eigenvalue weighted by Crippen LogP contribution is -2.41. The first-order valence-corrected chi connectivity index (χ1v) is 3.93. The molecule has 0 aromatic carbocycles. The Bertz CT molecular complexity index is 170. The lowest BCUT2D eigenvalue weighted by Gasteiger charge is -2.20. The number of rotatable bonds is 5. The van der Waals surface area contributed by atoms with E-state index in [0.29, 0.717) is 0 Å². The fourth-order valence-electron chi connectivity index (χ4n) is 0.538. The highest BCUT2D eigenvalue weighted by atomic mass is 19.4. The van der Waals surface area contributed by atoms with Crippen molar-refractivity contribution in [1.82, 2.24) is 0 Å². The van der Waals surface area contributed by atoms with Crippen LogP contribution < -0.4 is 5.73 Å². The molecule has 0 amide bonds. The molecule has 1 unspecified atom stereocenters. The minimum atomic E-state index is -5.56. The van der Waals surface area contributed by atoms with Crippen LogP contribution in [0.2, 0.25) is 0 Å². The lowest BCUT2D eigenvalue weighted by atomic mass is 10.2. The Hall–Kier alpha value is -0.430. The van der Waals surface area contributed by atoms with Crippen LogP contribution in [0, 0.1) is 5.92 Å². The summed E-state index contributed by atoms with van der Waals surface area (Å²) in [4.78, 5) is 0. The van der Waals surface area contributed by atoms with Gasteiger partial charge in [0.25, 0.3) is 0 Å². The van der Waals surface area contributed by atoms with E-state index in [4.69, 9.17) is 5.73 Å². The van der Waals surface area contributed by atoms with Gasteiger partial charge in [0.15, 0.2) is 0 Å². The van der Waals surface area contributed by atoms with Crippen LogP contribution >= 0.6 is 0 Å². The predicted molar refractivity (Wildman–Crippen MR) is 40.0 cm³/mol. The van der Waals surface area contributed by atoms with Gasteiger partial charge in [-0.15, -0.1) is 0 Å². The number of nitrogens with two attached hydrogens (primary N) is 1. The van der Waals surface area contributed by atoms with Crippen molar-refractivity contribution >= 4 is 0 Å². The molecule has 0 spiro atoms. The van der Waals surface area contributed by atoms with E-state index in [1.165, 1.54) is 0 Å². The number of hydrogen-bond acceptors (Lipinski definition) is 2. The van der Waals surface area contributed by atoms with Crippen molar-refractivity contribution < 1.29 is 26.7 Å². The third-order valence-corrected chi connectivity index (χ3v) is 1.50. The van der Waals surface area contributed by atoms with Crippen LogP contribution in [0.1, 0.15) is 6.92 Å². The Balaban J connectivity index is 3.89. The molecule has 2 N–H and O–H groups in total. The van der Waals surface area contributed by atoms with Crippen LogP contribution in [-0.4, -0.2) is 31.9 Å². The fraction of sp³-hybridized carbons (Fsp3) is 1.00. The molecule has 86 valence electrons. The van der Waals surface area contributed by atoms with E-state index in [2.05, 4.69) is 4.74 Å². The van der Waals surface area contributed by atoms with E-state index in [-0.39, 0.29) is 19.1 Å². The van der Waals surface area contributed by atoms with Gasteiger partial charge in [0.1, 0.15) is 6.61 Å². The molecular weight excluding hydrogens is 209 g/mol. The highest BCUT2D eigenvalue weighted by Crippen LogP contribution is 2.35. The summed E-state index contributed by atoms with van der Waals surface area (Å²) in [6.07, 6.45) is -5.56. The van der Waals surface area contributed by atoms with Crippen LogP contribution in [0.3, 0.4) is 0 Å². The number of hydrogen-bond donors (Lipinski definition) is 1. The largest absolute Gasteiger partial charge is 0.455 e. The summed E-state index contributed by atoms with van der Waals surface area (Å²) in [6, 6.07) is 0. The first-order valence-electron chi connectivity index (χ1n) is 3.93. The molecule has 0 aromatic rings. The van der Waals surface area contributed by atoms with Gasteiger partial charge in [0.05, 0.1) is 6.61 Å². The minimum Gasteiger partial charge on any atom is -0.374 e. The summed E-state index contributed by atoms with van der Waals surface area (Å²) in [6.45, 7) is -0.0909. The van der Waals surface area contributed by atoms with Gasteiger partial charge < -0.3 is 10.5 Å². The van der Waals surface area contributed by atoms with Crippen molar-refractivity contribution in [3.05, 3.63) is 0 Å². The summed E-state index contributed by atoms with van der Waals surface area (Å²) in [5, 5.41) is 0. The van der Waals surface area contributed by atoms with Crippen molar-refractivity contribution in [2.75, 3.05) is 19.8 Å². The van der Waals surface area contributed by atoms with Crippen LogP contribution in [0.4, 0.5) is 22.0 Å². The Morgan fingerprint density at radius 3 is 2.07 bits per heavy atom. The molecule has 14 heavy (non-hydrogen) atoms. The van der Waals surface area contributed by atoms with Crippen LogP contribution in [0.25, 0.3) is 0 Å².